The van der Waals surface area contributed by atoms with Gasteiger partial charge in [0.15, 0.2) is 5.96 Å². The molecule has 0 aliphatic heterocycles. The number of carbonyl (C=O) groups is 1. The lowest BCUT2D eigenvalue weighted by Crippen LogP contribution is -2.21. The van der Waals surface area contributed by atoms with Crippen molar-refractivity contribution in [2.45, 2.75) is 19.3 Å². The summed E-state index contributed by atoms with van der Waals surface area (Å²) in [6.07, 6.45) is 2.00. The summed E-state index contributed by atoms with van der Waals surface area (Å²) in [4.78, 5) is 14.4. The van der Waals surface area contributed by atoms with Crippen LogP contribution in [0.4, 0.5) is 5.69 Å². The van der Waals surface area contributed by atoms with Gasteiger partial charge in [-0.3, -0.25) is 4.79 Å². The van der Waals surface area contributed by atoms with E-state index in [0.717, 1.165) is 24.1 Å². The Morgan fingerprint density at radius 2 is 1.71 bits per heavy atom. The number of aryl methyl sites for hydroxylation is 1. The average molecular weight is 257 g/mol. The maximum absolute atomic E-state index is 10.5. The van der Waals surface area contributed by atoms with Crippen molar-refractivity contribution in [3.63, 3.8) is 0 Å². The normalized spacial score (nSPS) is 9.18. The molecule has 0 aliphatic carbocycles. The zero-order valence-corrected chi connectivity index (χ0v) is 10.2. The molecule has 0 fully saturated rings. The summed E-state index contributed by atoms with van der Waals surface area (Å²) in [7, 11) is 0. The standard InChI is InChI=1S/C11H16N4O.ClH/c12-10(16)3-1-2-8-4-6-9(7-5-8)15-11(13)14;/h4-7H,1-3H2,(H2,12,16)(H4,13,14,15);1H. The van der Waals surface area contributed by atoms with Crippen LogP contribution in [0, 0.1) is 0 Å². The van der Waals surface area contributed by atoms with E-state index in [4.69, 9.17) is 17.2 Å². The maximum Gasteiger partial charge on any atom is 0.217 e. The monoisotopic (exact) mass is 256 g/mol. The summed E-state index contributed by atoms with van der Waals surface area (Å²) >= 11 is 0. The highest BCUT2D eigenvalue weighted by Gasteiger charge is 1.97. The minimum Gasteiger partial charge on any atom is -0.370 e. The number of hydrogen-bond acceptors (Lipinski definition) is 2. The number of guanidine groups is 1. The van der Waals surface area contributed by atoms with Crippen molar-refractivity contribution in [1.82, 2.24) is 0 Å². The second kappa shape index (κ2) is 7.51. The lowest BCUT2D eigenvalue weighted by molar-refractivity contribution is -0.118. The second-order valence-electron chi connectivity index (χ2n) is 3.52. The molecule has 0 heterocycles. The van der Waals surface area contributed by atoms with Gasteiger partial charge in [0.1, 0.15) is 0 Å². The fourth-order valence-electron chi connectivity index (χ4n) is 1.35. The lowest BCUT2D eigenvalue weighted by atomic mass is 10.1. The van der Waals surface area contributed by atoms with Gasteiger partial charge in [-0.2, -0.15) is 0 Å². The van der Waals surface area contributed by atoms with Crippen molar-refractivity contribution in [3.8, 4) is 0 Å². The van der Waals surface area contributed by atoms with Crippen LogP contribution in [0.15, 0.2) is 29.3 Å². The van der Waals surface area contributed by atoms with Gasteiger partial charge in [0.25, 0.3) is 0 Å². The topological polar surface area (TPSA) is 107 Å². The van der Waals surface area contributed by atoms with Gasteiger partial charge in [-0.05, 0) is 30.5 Å². The summed E-state index contributed by atoms with van der Waals surface area (Å²) in [5, 5.41) is 0. The highest BCUT2D eigenvalue weighted by atomic mass is 35.5. The number of nitrogens with two attached hydrogens (primary N) is 3. The van der Waals surface area contributed by atoms with Crippen molar-refractivity contribution in [1.29, 1.82) is 0 Å². The van der Waals surface area contributed by atoms with Crippen LogP contribution < -0.4 is 17.2 Å². The van der Waals surface area contributed by atoms with Crippen molar-refractivity contribution in [3.05, 3.63) is 29.8 Å². The van der Waals surface area contributed by atoms with Crippen LogP contribution in [0.1, 0.15) is 18.4 Å². The van der Waals surface area contributed by atoms with E-state index in [2.05, 4.69) is 4.99 Å². The van der Waals surface area contributed by atoms with Crippen molar-refractivity contribution >= 4 is 30.0 Å². The smallest absolute Gasteiger partial charge is 0.217 e. The van der Waals surface area contributed by atoms with E-state index < -0.39 is 0 Å². The molecule has 0 atom stereocenters. The molecule has 17 heavy (non-hydrogen) atoms. The Hall–Kier alpha value is -1.75. The summed E-state index contributed by atoms with van der Waals surface area (Å²) in [5.41, 5.74) is 17.4. The minimum atomic E-state index is -0.267. The van der Waals surface area contributed by atoms with Gasteiger partial charge in [-0.15, -0.1) is 12.4 Å². The van der Waals surface area contributed by atoms with Gasteiger partial charge in [-0.25, -0.2) is 4.99 Å². The number of benzene rings is 1. The number of rotatable bonds is 5. The second-order valence-corrected chi connectivity index (χ2v) is 3.52. The van der Waals surface area contributed by atoms with Gasteiger partial charge in [0.2, 0.25) is 5.91 Å². The molecule has 5 nitrogen and oxygen atoms in total. The first kappa shape index (κ1) is 15.2. The molecule has 1 aromatic rings. The molecular formula is C11H17ClN4O. The Labute approximate surface area is 106 Å². The van der Waals surface area contributed by atoms with E-state index in [1.165, 1.54) is 0 Å². The van der Waals surface area contributed by atoms with Gasteiger partial charge in [-0.1, -0.05) is 12.1 Å². The summed E-state index contributed by atoms with van der Waals surface area (Å²) in [5.74, 6) is -0.224. The van der Waals surface area contributed by atoms with E-state index in [-0.39, 0.29) is 24.3 Å². The number of aliphatic imine (C=N–C) groups is 1. The number of amides is 1. The molecule has 6 N–H and O–H groups in total. The van der Waals surface area contributed by atoms with E-state index in [1.54, 1.807) is 0 Å². The van der Waals surface area contributed by atoms with Crippen LogP contribution in [0.5, 0.6) is 0 Å². The molecule has 6 heteroatoms. The fraction of sp³-hybridized carbons (Fsp3) is 0.273. The molecule has 1 amide bonds. The van der Waals surface area contributed by atoms with Gasteiger partial charge >= 0.3 is 0 Å². The highest BCUT2D eigenvalue weighted by molar-refractivity contribution is 5.85. The lowest BCUT2D eigenvalue weighted by Gasteiger charge is -2.01. The molecule has 0 saturated heterocycles. The van der Waals surface area contributed by atoms with Crippen LogP contribution in [-0.2, 0) is 11.2 Å². The maximum atomic E-state index is 10.5. The quantitative estimate of drug-likeness (QED) is 0.536. The highest BCUT2D eigenvalue weighted by Crippen LogP contribution is 2.14. The third-order valence-electron chi connectivity index (χ3n) is 2.08. The summed E-state index contributed by atoms with van der Waals surface area (Å²) < 4.78 is 0. The molecule has 1 rings (SSSR count). The average Bonchev–Trinajstić information content (AvgIpc) is 2.19. The molecule has 0 radical (unpaired) electrons. The molecule has 0 aromatic heterocycles. The van der Waals surface area contributed by atoms with E-state index in [1.807, 2.05) is 24.3 Å². The van der Waals surface area contributed by atoms with Crippen LogP contribution in [0.3, 0.4) is 0 Å². The van der Waals surface area contributed by atoms with Crippen molar-refractivity contribution in [2.24, 2.45) is 22.2 Å². The Morgan fingerprint density at radius 3 is 2.18 bits per heavy atom. The van der Waals surface area contributed by atoms with E-state index in [9.17, 15) is 4.79 Å². The van der Waals surface area contributed by atoms with Crippen LogP contribution in [0.25, 0.3) is 0 Å². The number of primary amides is 1. The molecule has 0 aliphatic rings. The van der Waals surface area contributed by atoms with E-state index in [0.29, 0.717) is 6.42 Å². The van der Waals surface area contributed by atoms with Gasteiger partial charge < -0.3 is 17.2 Å². The Bertz CT molecular complexity index is 385. The molecular weight excluding hydrogens is 240 g/mol. The van der Waals surface area contributed by atoms with Gasteiger partial charge in [0.05, 0.1) is 5.69 Å². The third-order valence-corrected chi connectivity index (χ3v) is 2.08. The predicted molar refractivity (Wildman–Crippen MR) is 71.3 cm³/mol. The first-order valence-electron chi connectivity index (χ1n) is 5.05. The third kappa shape index (κ3) is 6.42. The van der Waals surface area contributed by atoms with Crippen LogP contribution in [0.2, 0.25) is 0 Å². The van der Waals surface area contributed by atoms with E-state index >= 15 is 0 Å². The molecule has 0 saturated carbocycles. The van der Waals surface area contributed by atoms with Crippen molar-refractivity contribution < 1.29 is 4.79 Å². The SMILES string of the molecule is Cl.NC(=O)CCCc1ccc(N=C(N)N)cc1. The molecule has 0 unspecified atom stereocenters. The molecule has 0 spiro atoms. The first-order valence-corrected chi connectivity index (χ1v) is 5.05. The zero-order valence-electron chi connectivity index (χ0n) is 9.43. The fourth-order valence-corrected chi connectivity index (χ4v) is 1.35. The first-order chi connectivity index (χ1) is 7.58. The minimum absolute atomic E-state index is 0. The number of hydrogen-bond donors (Lipinski definition) is 3. The molecule has 0 bridgehead atoms. The number of carbonyl (C=O) groups excluding carboxylic acids is 1. The number of nitrogens with zero attached hydrogens (tertiary/aromatic N) is 1. The molecule has 1 aromatic carbocycles. The summed E-state index contributed by atoms with van der Waals surface area (Å²) in [6.45, 7) is 0. The Kier molecular flexibility index (Phi) is 6.74. The van der Waals surface area contributed by atoms with Crippen LogP contribution in [-0.4, -0.2) is 11.9 Å². The largest absolute Gasteiger partial charge is 0.370 e. The Balaban J connectivity index is 0.00000256. The summed E-state index contributed by atoms with van der Waals surface area (Å²) in [6, 6.07) is 7.53. The number of halogens is 1. The van der Waals surface area contributed by atoms with Gasteiger partial charge in [0, 0.05) is 6.42 Å². The van der Waals surface area contributed by atoms with Crippen molar-refractivity contribution in [2.75, 3.05) is 0 Å². The Morgan fingerprint density at radius 1 is 1.12 bits per heavy atom. The predicted octanol–water partition coefficient (Wildman–Crippen LogP) is 0.821. The van der Waals surface area contributed by atoms with Crippen LogP contribution >= 0.6 is 12.4 Å². The zero-order chi connectivity index (χ0) is 12.0. The molecule has 94 valence electrons.